The molecule has 1 aliphatic rings. The van der Waals surface area contributed by atoms with E-state index in [4.69, 9.17) is 0 Å². The van der Waals surface area contributed by atoms with Gasteiger partial charge in [0.15, 0.2) is 0 Å². The highest BCUT2D eigenvalue weighted by Crippen LogP contribution is 2.19. The van der Waals surface area contributed by atoms with Crippen molar-refractivity contribution in [2.45, 2.75) is 24.3 Å². The average Bonchev–Trinajstić information content (AvgIpc) is 2.98. The summed E-state index contributed by atoms with van der Waals surface area (Å²) in [6.45, 7) is 2.04. The summed E-state index contributed by atoms with van der Waals surface area (Å²) in [5.74, 6) is -0.453. The lowest BCUT2D eigenvalue weighted by atomic mass is 10.2. The Hall–Kier alpha value is -2.71. The van der Waals surface area contributed by atoms with E-state index in [1.807, 2.05) is 36.5 Å². The summed E-state index contributed by atoms with van der Waals surface area (Å²) < 4.78 is 42.2. The largest absolute Gasteiger partial charge is 0.347 e. The number of carbonyl (C=O) groups excluding carboxylic acids is 1. The zero-order valence-corrected chi connectivity index (χ0v) is 17.4. The lowest BCUT2D eigenvalue weighted by Crippen LogP contribution is -2.37. The van der Waals surface area contributed by atoms with E-state index in [2.05, 4.69) is 4.57 Å². The van der Waals surface area contributed by atoms with Crippen LogP contribution in [-0.4, -0.2) is 54.3 Å². The van der Waals surface area contributed by atoms with Crippen LogP contribution in [0, 0.1) is 5.82 Å². The van der Waals surface area contributed by atoms with E-state index in [9.17, 15) is 17.6 Å². The Morgan fingerprint density at radius 1 is 0.933 bits per heavy atom. The van der Waals surface area contributed by atoms with Crippen molar-refractivity contribution in [1.29, 1.82) is 0 Å². The Labute approximate surface area is 175 Å². The maximum atomic E-state index is 13.1. The standard InChI is InChI=1S/C22H24FN3O3S/c23-19-6-8-20(9-7-19)30(28,29)26-13-3-12-25(16-17-26)22(27)11-15-24-14-10-18-4-1-2-5-21(18)24/h1-2,4-10,14H,3,11-13,15-17H2. The number of para-hydroxylation sites is 1. The monoisotopic (exact) mass is 429 g/mol. The highest BCUT2D eigenvalue weighted by Gasteiger charge is 2.28. The number of sulfonamides is 1. The van der Waals surface area contributed by atoms with E-state index in [1.165, 1.54) is 16.4 Å². The van der Waals surface area contributed by atoms with Crippen molar-refractivity contribution in [3.63, 3.8) is 0 Å². The first kappa shape index (κ1) is 20.6. The minimum absolute atomic E-state index is 0.0220. The molecule has 0 spiro atoms. The van der Waals surface area contributed by atoms with Crippen LogP contribution < -0.4 is 0 Å². The van der Waals surface area contributed by atoms with Gasteiger partial charge in [0.25, 0.3) is 0 Å². The number of halogens is 1. The van der Waals surface area contributed by atoms with Gasteiger partial charge in [0.1, 0.15) is 5.82 Å². The molecule has 1 aromatic heterocycles. The third-order valence-corrected chi connectivity index (χ3v) is 7.42. The van der Waals surface area contributed by atoms with Crippen LogP contribution in [0.2, 0.25) is 0 Å². The molecular formula is C22H24FN3O3S. The predicted molar refractivity (Wildman–Crippen MR) is 113 cm³/mol. The van der Waals surface area contributed by atoms with Gasteiger partial charge in [-0.2, -0.15) is 4.31 Å². The van der Waals surface area contributed by atoms with Gasteiger partial charge in [0, 0.05) is 50.9 Å². The fraction of sp³-hybridized carbons (Fsp3) is 0.318. The van der Waals surface area contributed by atoms with Gasteiger partial charge in [0.2, 0.25) is 15.9 Å². The maximum absolute atomic E-state index is 13.1. The highest BCUT2D eigenvalue weighted by atomic mass is 32.2. The van der Waals surface area contributed by atoms with Gasteiger partial charge >= 0.3 is 0 Å². The average molecular weight is 430 g/mol. The maximum Gasteiger partial charge on any atom is 0.243 e. The molecule has 1 fully saturated rings. The van der Waals surface area contributed by atoms with E-state index in [0.29, 0.717) is 39.0 Å². The minimum atomic E-state index is -3.70. The molecule has 2 aromatic carbocycles. The molecule has 0 saturated carbocycles. The molecule has 4 rings (SSSR count). The van der Waals surface area contributed by atoms with Gasteiger partial charge in [-0.3, -0.25) is 4.79 Å². The molecule has 3 aromatic rings. The highest BCUT2D eigenvalue weighted by molar-refractivity contribution is 7.89. The SMILES string of the molecule is O=C(CCn1ccc2ccccc21)N1CCCN(S(=O)(=O)c2ccc(F)cc2)CC1. The Balaban J connectivity index is 1.37. The molecule has 6 nitrogen and oxygen atoms in total. The molecule has 0 unspecified atom stereocenters. The van der Waals surface area contributed by atoms with E-state index < -0.39 is 15.8 Å². The van der Waals surface area contributed by atoms with E-state index in [0.717, 1.165) is 23.0 Å². The fourth-order valence-corrected chi connectivity index (χ4v) is 5.32. The number of aromatic nitrogens is 1. The van der Waals surface area contributed by atoms with E-state index in [1.54, 1.807) is 4.90 Å². The predicted octanol–water partition coefficient (Wildman–Crippen LogP) is 3.09. The molecular weight excluding hydrogens is 405 g/mol. The molecule has 0 atom stereocenters. The molecule has 0 N–H and O–H groups in total. The molecule has 1 aliphatic heterocycles. The number of benzene rings is 2. The molecule has 1 amide bonds. The molecule has 30 heavy (non-hydrogen) atoms. The molecule has 0 aliphatic carbocycles. The second kappa shape index (κ2) is 8.57. The third kappa shape index (κ3) is 4.24. The van der Waals surface area contributed by atoms with E-state index >= 15 is 0 Å². The van der Waals surface area contributed by atoms with Crippen molar-refractivity contribution in [3.05, 3.63) is 66.6 Å². The van der Waals surface area contributed by atoms with Crippen molar-refractivity contribution in [2.75, 3.05) is 26.2 Å². The molecule has 0 bridgehead atoms. The topological polar surface area (TPSA) is 62.6 Å². The van der Waals surface area contributed by atoms with E-state index in [-0.39, 0.29) is 17.3 Å². The second-order valence-electron chi connectivity index (χ2n) is 7.41. The first-order valence-corrected chi connectivity index (χ1v) is 11.5. The quantitative estimate of drug-likeness (QED) is 0.626. The molecule has 158 valence electrons. The normalized spacial score (nSPS) is 16.0. The fourth-order valence-electron chi connectivity index (χ4n) is 3.85. The van der Waals surface area contributed by atoms with Crippen LogP contribution in [-0.2, 0) is 21.4 Å². The van der Waals surface area contributed by atoms with Crippen LogP contribution in [0.1, 0.15) is 12.8 Å². The van der Waals surface area contributed by atoms with Crippen LogP contribution in [0.15, 0.2) is 65.7 Å². The lowest BCUT2D eigenvalue weighted by Gasteiger charge is -2.22. The smallest absolute Gasteiger partial charge is 0.243 e. The number of hydrogen-bond donors (Lipinski definition) is 0. The second-order valence-corrected chi connectivity index (χ2v) is 9.35. The van der Waals surface area contributed by atoms with Crippen molar-refractivity contribution >= 4 is 26.8 Å². The number of aryl methyl sites for hydroxylation is 1. The summed E-state index contributed by atoms with van der Waals surface area (Å²) in [6, 6.07) is 14.9. The third-order valence-electron chi connectivity index (χ3n) is 5.51. The first-order valence-electron chi connectivity index (χ1n) is 10.0. The van der Waals surface area contributed by atoms with Gasteiger partial charge in [0.05, 0.1) is 4.90 Å². The Morgan fingerprint density at radius 3 is 2.50 bits per heavy atom. The number of rotatable bonds is 5. The summed E-state index contributed by atoms with van der Waals surface area (Å²) in [5, 5.41) is 1.14. The molecule has 2 heterocycles. The lowest BCUT2D eigenvalue weighted by molar-refractivity contribution is -0.131. The summed E-state index contributed by atoms with van der Waals surface area (Å²) >= 11 is 0. The van der Waals surface area contributed by atoms with Gasteiger partial charge in [-0.1, -0.05) is 18.2 Å². The Kier molecular flexibility index (Phi) is 5.87. The van der Waals surface area contributed by atoms with Gasteiger partial charge in [-0.05, 0) is 48.2 Å². The van der Waals surface area contributed by atoms with Gasteiger partial charge < -0.3 is 9.47 Å². The van der Waals surface area contributed by atoms with Crippen molar-refractivity contribution < 1.29 is 17.6 Å². The zero-order chi connectivity index (χ0) is 21.1. The summed E-state index contributed by atoms with van der Waals surface area (Å²) in [6.07, 6.45) is 2.92. The van der Waals surface area contributed by atoms with Crippen LogP contribution in [0.5, 0.6) is 0 Å². The van der Waals surface area contributed by atoms with Crippen LogP contribution >= 0.6 is 0 Å². The number of carbonyl (C=O) groups is 1. The molecule has 0 radical (unpaired) electrons. The number of nitrogens with zero attached hydrogens (tertiary/aromatic N) is 3. The van der Waals surface area contributed by atoms with Gasteiger partial charge in [-0.15, -0.1) is 0 Å². The Morgan fingerprint density at radius 2 is 1.70 bits per heavy atom. The van der Waals surface area contributed by atoms with Crippen molar-refractivity contribution in [2.24, 2.45) is 0 Å². The molecule has 8 heteroatoms. The minimum Gasteiger partial charge on any atom is -0.347 e. The number of amides is 1. The number of fused-ring (bicyclic) bond motifs is 1. The van der Waals surface area contributed by atoms with Crippen LogP contribution in [0.25, 0.3) is 10.9 Å². The number of hydrogen-bond acceptors (Lipinski definition) is 3. The van der Waals surface area contributed by atoms with Gasteiger partial charge in [-0.25, -0.2) is 12.8 Å². The Bertz CT molecular complexity index is 1140. The summed E-state index contributed by atoms with van der Waals surface area (Å²) in [7, 11) is -3.70. The first-order chi connectivity index (χ1) is 14.4. The summed E-state index contributed by atoms with van der Waals surface area (Å²) in [4.78, 5) is 14.6. The molecule has 1 saturated heterocycles. The van der Waals surface area contributed by atoms with Crippen LogP contribution in [0.4, 0.5) is 4.39 Å². The van der Waals surface area contributed by atoms with Crippen LogP contribution in [0.3, 0.4) is 0 Å². The van der Waals surface area contributed by atoms with Crippen molar-refractivity contribution in [3.8, 4) is 0 Å². The zero-order valence-electron chi connectivity index (χ0n) is 16.6. The summed E-state index contributed by atoms with van der Waals surface area (Å²) in [5.41, 5.74) is 1.10. The van der Waals surface area contributed by atoms with Crippen molar-refractivity contribution in [1.82, 2.24) is 13.8 Å².